The van der Waals surface area contributed by atoms with Crippen LogP contribution in [0.25, 0.3) is 0 Å². The van der Waals surface area contributed by atoms with Gasteiger partial charge in [-0.15, -0.1) is 6.42 Å². The highest BCUT2D eigenvalue weighted by molar-refractivity contribution is 7.86. The molecule has 0 rings (SSSR count). The monoisotopic (exact) mass is 280 g/mol. The molecular weight excluding hydrogens is 259 g/mol. The van der Waals surface area contributed by atoms with Gasteiger partial charge in [-0.1, -0.05) is 18.8 Å². The molecule has 0 radical (unpaired) electrons. The smallest absolute Gasteiger partial charge is 0.268 e. The van der Waals surface area contributed by atoms with Crippen molar-refractivity contribution >= 4 is 17.3 Å². The van der Waals surface area contributed by atoms with Gasteiger partial charge in [0, 0.05) is 6.16 Å². The molecule has 0 amide bonds. The van der Waals surface area contributed by atoms with Crippen molar-refractivity contribution in [3.8, 4) is 12.3 Å². The molecule has 0 spiro atoms. The van der Waals surface area contributed by atoms with Crippen LogP contribution in [0, 0.1) is 12.3 Å². The van der Waals surface area contributed by atoms with Crippen molar-refractivity contribution in [1.29, 1.82) is 0 Å². The minimum atomic E-state index is -3.46. The predicted octanol–water partition coefficient (Wildman–Crippen LogP) is 2.15. The number of rotatable bonds is 9. The molecule has 17 heavy (non-hydrogen) atoms. The lowest BCUT2D eigenvalue weighted by atomic mass is 10.2. The fraction of sp³-hybridized carbons (Fsp3) is 0.818. The second kappa shape index (κ2) is 7.92. The lowest BCUT2D eigenvalue weighted by molar-refractivity contribution is 0.362. The molecule has 0 atom stereocenters. The number of hydrogen-bond acceptors (Lipinski definition) is 4. The summed E-state index contributed by atoms with van der Waals surface area (Å²) in [5.74, 6) is 2.12. The molecule has 0 aromatic rings. The average molecular weight is 280 g/mol. The second-order valence-corrected chi connectivity index (χ2v) is 9.79. The highest BCUT2D eigenvalue weighted by atomic mass is 32.2. The van der Waals surface area contributed by atoms with E-state index in [9.17, 15) is 13.0 Å². The summed E-state index contributed by atoms with van der Waals surface area (Å²) in [5, 5.41) is 0. The molecule has 0 saturated carbocycles. The lowest BCUT2D eigenvalue weighted by Gasteiger charge is -2.06. The Labute approximate surface area is 105 Å². The van der Waals surface area contributed by atoms with Gasteiger partial charge in [-0.2, -0.15) is 8.42 Å². The third kappa shape index (κ3) is 12.0. The van der Waals surface area contributed by atoms with E-state index in [4.69, 9.17) is 6.42 Å². The van der Waals surface area contributed by atoms with E-state index in [1.54, 1.807) is 13.3 Å². The summed E-state index contributed by atoms with van der Waals surface area (Å²) in [5.41, 5.74) is 0. The Kier molecular flexibility index (Phi) is 7.78. The second-order valence-electron chi connectivity index (χ2n) is 4.44. The van der Waals surface area contributed by atoms with Crippen LogP contribution < -0.4 is 0 Å². The molecule has 0 saturated heterocycles. The van der Waals surface area contributed by atoms with E-state index >= 15 is 0 Å². The Morgan fingerprint density at radius 2 is 1.76 bits per heavy atom. The van der Waals surface area contributed by atoms with Crippen LogP contribution in [-0.2, 0) is 18.9 Å². The molecule has 0 aliphatic rings. The van der Waals surface area contributed by atoms with Gasteiger partial charge in [-0.3, -0.25) is 4.18 Å². The Balaban J connectivity index is 3.59. The van der Waals surface area contributed by atoms with Crippen LogP contribution in [0.4, 0.5) is 0 Å². The molecule has 0 aliphatic carbocycles. The molecule has 4 nitrogen and oxygen atoms in total. The van der Waals surface area contributed by atoms with Crippen LogP contribution in [0.15, 0.2) is 0 Å². The highest BCUT2D eigenvalue weighted by Crippen LogP contribution is 2.36. The van der Waals surface area contributed by atoms with Crippen molar-refractivity contribution in [2.45, 2.75) is 25.7 Å². The van der Waals surface area contributed by atoms with Gasteiger partial charge in [0.05, 0.1) is 12.9 Å². The van der Waals surface area contributed by atoms with Crippen molar-refractivity contribution in [1.82, 2.24) is 0 Å². The number of hydrogen-bond donors (Lipinski definition) is 0. The third-order valence-corrected chi connectivity index (χ3v) is 4.82. The zero-order valence-electron chi connectivity index (χ0n) is 10.5. The molecule has 100 valence electrons. The molecule has 0 N–H and O–H groups in total. The summed E-state index contributed by atoms with van der Waals surface area (Å²) in [6.45, 7) is 3.34. The first-order valence-electron chi connectivity index (χ1n) is 5.61. The van der Waals surface area contributed by atoms with Crippen LogP contribution >= 0.6 is 7.14 Å². The standard InChI is InChI=1S/C11H21O4PS/c1-4-9-15-17(13,14)11-8-6-5-7-10-16(2,3)12/h1H,5-11H2,2-3H3. The Bertz CT molecular complexity index is 388. The molecule has 6 heteroatoms. The van der Waals surface area contributed by atoms with Crippen molar-refractivity contribution < 1.29 is 17.2 Å². The third-order valence-electron chi connectivity index (χ3n) is 2.16. The average Bonchev–Trinajstić information content (AvgIpc) is 2.19. The molecule has 0 unspecified atom stereocenters. The fourth-order valence-electron chi connectivity index (χ4n) is 1.31. The summed E-state index contributed by atoms with van der Waals surface area (Å²) >= 11 is 0. The van der Waals surface area contributed by atoms with E-state index in [0.717, 1.165) is 25.4 Å². The molecular formula is C11H21O4PS. The number of unbranched alkanes of at least 4 members (excludes halogenated alkanes) is 3. The van der Waals surface area contributed by atoms with Gasteiger partial charge in [-0.25, -0.2) is 0 Å². The Morgan fingerprint density at radius 1 is 1.18 bits per heavy atom. The largest absolute Gasteiger partial charge is 0.324 e. The van der Waals surface area contributed by atoms with E-state index in [-0.39, 0.29) is 12.4 Å². The molecule has 0 fully saturated rings. The minimum absolute atomic E-state index is 0.00455. The number of terminal acetylenes is 1. The van der Waals surface area contributed by atoms with Crippen molar-refractivity contribution in [2.24, 2.45) is 0 Å². The van der Waals surface area contributed by atoms with Gasteiger partial charge in [-0.05, 0) is 26.2 Å². The lowest BCUT2D eigenvalue weighted by Crippen LogP contribution is -2.10. The van der Waals surface area contributed by atoms with Crippen LogP contribution in [0.1, 0.15) is 25.7 Å². The van der Waals surface area contributed by atoms with E-state index < -0.39 is 17.3 Å². The van der Waals surface area contributed by atoms with Gasteiger partial charge in [0.2, 0.25) is 0 Å². The molecule has 0 heterocycles. The maximum Gasteiger partial charge on any atom is 0.268 e. The van der Waals surface area contributed by atoms with Crippen LogP contribution in [0.2, 0.25) is 0 Å². The maximum atomic E-state index is 11.4. The summed E-state index contributed by atoms with van der Waals surface area (Å²) < 4.78 is 38.4. The first kappa shape index (κ1) is 16.7. The zero-order valence-corrected chi connectivity index (χ0v) is 12.2. The highest BCUT2D eigenvalue weighted by Gasteiger charge is 2.10. The normalized spacial score (nSPS) is 12.3. The first-order chi connectivity index (χ1) is 7.77. The summed E-state index contributed by atoms with van der Waals surface area (Å²) in [6, 6.07) is 0. The molecule has 0 aliphatic heterocycles. The summed E-state index contributed by atoms with van der Waals surface area (Å²) in [4.78, 5) is 0. The van der Waals surface area contributed by atoms with E-state index in [0.29, 0.717) is 6.42 Å². The SMILES string of the molecule is C#CCOS(=O)(=O)CCCCCCP(C)(C)=O. The van der Waals surface area contributed by atoms with Gasteiger partial charge >= 0.3 is 0 Å². The molecule has 0 aromatic carbocycles. The van der Waals surface area contributed by atoms with Gasteiger partial charge in [0.1, 0.15) is 6.61 Å². The van der Waals surface area contributed by atoms with Crippen molar-refractivity contribution in [2.75, 3.05) is 31.9 Å². The van der Waals surface area contributed by atoms with Gasteiger partial charge in [0.15, 0.2) is 0 Å². The predicted molar refractivity (Wildman–Crippen MR) is 71.4 cm³/mol. The fourth-order valence-corrected chi connectivity index (χ4v) is 3.22. The summed E-state index contributed by atoms with van der Waals surface area (Å²) in [7, 11) is -5.38. The van der Waals surface area contributed by atoms with Gasteiger partial charge < -0.3 is 4.57 Å². The molecule has 0 bridgehead atoms. The zero-order chi connectivity index (χ0) is 13.4. The Hall–Kier alpha value is -0.300. The quantitative estimate of drug-likeness (QED) is 0.281. The minimum Gasteiger partial charge on any atom is -0.324 e. The Morgan fingerprint density at radius 3 is 2.29 bits per heavy atom. The summed E-state index contributed by atoms with van der Waals surface area (Å²) in [6.07, 6.45) is 8.78. The van der Waals surface area contributed by atoms with Crippen LogP contribution in [0.3, 0.4) is 0 Å². The van der Waals surface area contributed by atoms with E-state index in [1.165, 1.54) is 0 Å². The first-order valence-corrected chi connectivity index (χ1v) is 9.98. The van der Waals surface area contributed by atoms with E-state index in [1.807, 2.05) is 0 Å². The van der Waals surface area contributed by atoms with Crippen molar-refractivity contribution in [3.05, 3.63) is 0 Å². The van der Waals surface area contributed by atoms with Crippen molar-refractivity contribution in [3.63, 3.8) is 0 Å². The van der Waals surface area contributed by atoms with Crippen LogP contribution in [0.5, 0.6) is 0 Å². The van der Waals surface area contributed by atoms with Crippen LogP contribution in [-0.4, -0.2) is 40.3 Å². The molecule has 0 aromatic heterocycles. The van der Waals surface area contributed by atoms with Gasteiger partial charge in [0.25, 0.3) is 10.1 Å². The maximum absolute atomic E-state index is 11.4. The topological polar surface area (TPSA) is 60.4 Å². The van der Waals surface area contributed by atoms with E-state index in [2.05, 4.69) is 10.1 Å².